The Hall–Kier alpha value is 0.986. The van der Waals surface area contributed by atoms with Crippen LogP contribution in [0.25, 0.3) is 0 Å². The van der Waals surface area contributed by atoms with E-state index in [0.717, 1.165) is 0 Å². The van der Waals surface area contributed by atoms with Crippen LogP contribution in [0.3, 0.4) is 0 Å². The molecule has 6 heteroatoms. The Bertz CT molecular complexity index is 87.4. The number of carboxylic acid groups (broad SMARTS) is 1. The van der Waals surface area contributed by atoms with Crippen molar-refractivity contribution in [2.24, 2.45) is 5.41 Å². The van der Waals surface area contributed by atoms with Gasteiger partial charge >= 0.3 is 51.4 Å². The molecule has 0 unspecified atom stereocenters. The van der Waals surface area contributed by atoms with Gasteiger partial charge in [-0.3, -0.25) is 0 Å². The van der Waals surface area contributed by atoms with E-state index in [2.05, 4.69) is 0 Å². The zero-order chi connectivity index (χ0) is 6.08. The monoisotopic (exact) mass is 194 g/mol. The zero-order valence-corrected chi connectivity index (χ0v) is 10.4. The molecular weight excluding hydrogens is 179 g/mol. The molecule has 0 radical (unpaired) electrons. The van der Waals surface area contributed by atoms with E-state index in [1.807, 2.05) is 0 Å². The average molecular weight is 194 g/mol. The number of carboxylic acids is 1. The van der Waals surface area contributed by atoms with Crippen LogP contribution in [0.1, 0.15) is 20.8 Å². The third kappa shape index (κ3) is 18.2. The summed E-state index contributed by atoms with van der Waals surface area (Å²) < 4.78 is 0. The fourth-order valence-corrected chi connectivity index (χ4v) is 0. The van der Waals surface area contributed by atoms with Crippen molar-refractivity contribution >= 4 is 5.97 Å². The molecule has 0 heterocycles. The molecule has 0 amide bonds. The van der Waals surface area contributed by atoms with Gasteiger partial charge in [-0.05, 0) is 0 Å². The van der Waals surface area contributed by atoms with E-state index in [9.17, 15) is 9.90 Å². The van der Waals surface area contributed by atoms with Crippen LogP contribution in [0.4, 0.5) is 0 Å². The molecule has 6 N–H and O–H groups in total. The molecule has 0 aromatic rings. The first kappa shape index (κ1) is 29.6. The Labute approximate surface area is 109 Å². The van der Waals surface area contributed by atoms with Gasteiger partial charge in [0.1, 0.15) is 0 Å². The standard InChI is InChI=1S/C5H10O2.K.3H2O/c1-5(2,3)4(6)7;;;;/h1-3H3,(H,6,7);;3*1H2/q;+1;;;/p-1. The molecular formula is C5H15KO5. The van der Waals surface area contributed by atoms with E-state index in [0.29, 0.717) is 0 Å². The molecule has 0 aromatic heterocycles. The fraction of sp³-hybridized carbons (Fsp3) is 0.800. The van der Waals surface area contributed by atoms with Gasteiger partial charge in [0.05, 0.1) is 0 Å². The second-order valence-electron chi connectivity index (χ2n) is 2.54. The molecule has 66 valence electrons. The van der Waals surface area contributed by atoms with Crippen LogP contribution in [0.5, 0.6) is 0 Å². The summed E-state index contributed by atoms with van der Waals surface area (Å²) in [7, 11) is 0. The number of hydrogen-bond acceptors (Lipinski definition) is 2. The van der Waals surface area contributed by atoms with Crippen LogP contribution in [-0.4, -0.2) is 22.4 Å². The van der Waals surface area contributed by atoms with E-state index in [1.54, 1.807) is 20.8 Å². The van der Waals surface area contributed by atoms with Crippen LogP contribution in [-0.2, 0) is 4.79 Å². The Morgan fingerprint density at radius 1 is 1.09 bits per heavy atom. The maximum atomic E-state index is 9.91. The second kappa shape index (κ2) is 11.0. The minimum Gasteiger partial charge on any atom is -0.550 e. The number of carbonyl (C=O) groups excluding carboxylic acids is 1. The third-order valence-electron chi connectivity index (χ3n) is 0.612. The third-order valence-corrected chi connectivity index (χ3v) is 0.612. The molecule has 0 saturated carbocycles. The Kier molecular flexibility index (Phi) is 29.6. The van der Waals surface area contributed by atoms with Gasteiger partial charge < -0.3 is 26.3 Å². The van der Waals surface area contributed by atoms with Crippen molar-refractivity contribution in [3.05, 3.63) is 0 Å². The summed E-state index contributed by atoms with van der Waals surface area (Å²) in [5.74, 6) is -1.01. The summed E-state index contributed by atoms with van der Waals surface area (Å²) in [5.41, 5.74) is -0.694. The van der Waals surface area contributed by atoms with Crippen LogP contribution >= 0.6 is 0 Å². The van der Waals surface area contributed by atoms with Crippen LogP contribution < -0.4 is 56.5 Å². The fourth-order valence-electron chi connectivity index (χ4n) is 0. The summed E-state index contributed by atoms with van der Waals surface area (Å²) in [6.45, 7) is 4.80. The van der Waals surface area contributed by atoms with Gasteiger partial charge in [-0.1, -0.05) is 20.8 Å². The van der Waals surface area contributed by atoms with Crippen molar-refractivity contribution in [1.29, 1.82) is 0 Å². The average Bonchev–Trinajstić information content (AvgIpc) is 1.31. The minimum atomic E-state index is -1.01. The number of carbonyl (C=O) groups is 1. The topological polar surface area (TPSA) is 135 Å². The molecule has 0 fully saturated rings. The first-order valence-electron chi connectivity index (χ1n) is 2.16. The summed E-state index contributed by atoms with van der Waals surface area (Å²) in [6.07, 6.45) is 0. The van der Waals surface area contributed by atoms with Gasteiger partial charge in [0.2, 0.25) is 0 Å². The molecule has 5 nitrogen and oxygen atoms in total. The van der Waals surface area contributed by atoms with Gasteiger partial charge in [-0.2, -0.15) is 0 Å². The van der Waals surface area contributed by atoms with Crippen molar-refractivity contribution in [1.82, 2.24) is 0 Å². The van der Waals surface area contributed by atoms with Crippen LogP contribution in [0.2, 0.25) is 0 Å². The molecule has 0 spiro atoms. The molecule has 0 aliphatic heterocycles. The van der Waals surface area contributed by atoms with Gasteiger partial charge in [0.25, 0.3) is 0 Å². The molecule has 0 atom stereocenters. The SMILES string of the molecule is CC(C)(C)C(=O)[O-].O.O.O.[K+]. The summed E-state index contributed by atoms with van der Waals surface area (Å²) >= 11 is 0. The molecule has 0 bridgehead atoms. The van der Waals surface area contributed by atoms with E-state index in [-0.39, 0.29) is 67.8 Å². The summed E-state index contributed by atoms with van der Waals surface area (Å²) in [4.78, 5) is 9.91. The molecule has 0 aliphatic rings. The van der Waals surface area contributed by atoms with Gasteiger partial charge in [0.15, 0.2) is 0 Å². The predicted octanol–water partition coefficient (Wildman–Crippen LogP) is -5.69. The van der Waals surface area contributed by atoms with Crippen LogP contribution in [0, 0.1) is 5.41 Å². The summed E-state index contributed by atoms with van der Waals surface area (Å²) in [5, 5.41) is 9.91. The second-order valence-corrected chi connectivity index (χ2v) is 2.54. The quantitative estimate of drug-likeness (QED) is 0.355. The number of hydrogen-bond donors (Lipinski definition) is 0. The number of aliphatic carboxylic acids is 1. The maximum absolute atomic E-state index is 9.91. The van der Waals surface area contributed by atoms with Gasteiger partial charge in [-0.15, -0.1) is 0 Å². The van der Waals surface area contributed by atoms with Crippen molar-refractivity contribution in [3.63, 3.8) is 0 Å². The van der Waals surface area contributed by atoms with Crippen molar-refractivity contribution in [3.8, 4) is 0 Å². The Morgan fingerprint density at radius 2 is 1.18 bits per heavy atom. The van der Waals surface area contributed by atoms with E-state index in [1.165, 1.54) is 0 Å². The van der Waals surface area contributed by atoms with Crippen molar-refractivity contribution < 1.29 is 77.7 Å². The van der Waals surface area contributed by atoms with Gasteiger partial charge in [-0.25, -0.2) is 0 Å². The van der Waals surface area contributed by atoms with E-state index < -0.39 is 11.4 Å². The maximum Gasteiger partial charge on any atom is 1.00 e. The van der Waals surface area contributed by atoms with E-state index in [4.69, 9.17) is 0 Å². The number of rotatable bonds is 0. The Morgan fingerprint density at radius 3 is 1.18 bits per heavy atom. The van der Waals surface area contributed by atoms with Gasteiger partial charge in [0, 0.05) is 11.4 Å². The zero-order valence-electron chi connectivity index (χ0n) is 7.32. The molecule has 11 heavy (non-hydrogen) atoms. The van der Waals surface area contributed by atoms with Crippen molar-refractivity contribution in [2.45, 2.75) is 20.8 Å². The van der Waals surface area contributed by atoms with Crippen molar-refractivity contribution in [2.75, 3.05) is 0 Å². The molecule has 0 aliphatic carbocycles. The van der Waals surface area contributed by atoms with Crippen LogP contribution in [0.15, 0.2) is 0 Å². The normalized spacial score (nSPS) is 7.18. The largest absolute Gasteiger partial charge is 1.00 e. The van der Waals surface area contributed by atoms with E-state index >= 15 is 0 Å². The first-order chi connectivity index (χ1) is 2.94. The Balaban J connectivity index is -0.0000000300. The molecule has 0 rings (SSSR count). The molecule has 0 aromatic carbocycles. The predicted molar refractivity (Wildman–Crippen MR) is 35.3 cm³/mol. The minimum absolute atomic E-state index is 0. The summed E-state index contributed by atoms with van der Waals surface area (Å²) in [6, 6.07) is 0. The smallest absolute Gasteiger partial charge is 0.550 e. The molecule has 0 saturated heterocycles. The first-order valence-corrected chi connectivity index (χ1v) is 2.16.